The summed E-state index contributed by atoms with van der Waals surface area (Å²) < 4.78 is 64.4. The molecule has 1 amide bonds. The molecule has 3 N–H and O–H groups in total. The number of carbonyl (C=O) groups excluding carboxylic acids is 1. The normalized spacial score (nSPS) is 12.8. The highest BCUT2D eigenvalue weighted by Gasteiger charge is 2.33. The molecule has 2 rings (SSSR count). The van der Waals surface area contributed by atoms with Gasteiger partial charge in [0.1, 0.15) is 5.69 Å². The molecule has 11 heteroatoms. The molecule has 6 nitrogen and oxygen atoms in total. The zero-order valence-electron chi connectivity index (χ0n) is 15.2. The number of hydrogen-bond donors (Lipinski definition) is 3. The first-order chi connectivity index (χ1) is 12.8. The van der Waals surface area contributed by atoms with Crippen molar-refractivity contribution < 1.29 is 26.7 Å². The number of aliphatic imine (C=N–C) groups is 1. The number of rotatable bonds is 3. The van der Waals surface area contributed by atoms with Gasteiger partial charge in [-0.3, -0.25) is 20.2 Å². The predicted octanol–water partition coefficient (Wildman–Crippen LogP) is 3.95. The Kier molecular flexibility index (Phi) is 6.05. The number of aromatic amines is 1. The Morgan fingerprint density at radius 2 is 1.82 bits per heavy atom. The Bertz CT molecular complexity index is 883. The van der Waals surface area contributed by atoms with Crippen molar-refractivity contribution in [3.63, 3.8) is 0 Å². The van der Waals surface area contributed by atoms with E-state index in [0.29, 0.717) is 12.1 Å². The van der Waals surface area contributed by atoms with Crippen molar-refractivity contribution in [3.8, 4) is 0 Å². The molecule has 0 unspecified atom stereocenters. The Morgan fingerprint density at radius 1 is 1.14 bits per heavy atom. The van der Waals surface area contributed by atoms with Crippen LogP contribution >= 0.6 is 0 Å². The van der Waals surface area contributed by atoms with E-state index < -0.39 is 29.4 Å². The molecule has 0 saturated carbocycles. The third-order valence-corrected chi connectivity index (χ3v) is 3.25. The van der Waals surface area contributed by atoms with Crippen LogP contribution in [0.4, 0.5) is 27.8 Å². The van der Waals surface area contributed by atoms with Crippen molar-refractivity contribution in [3.05, 3.63) is 47.2 Å². The van der Waals surface area contributed by atoms with Crippen molar-refractivity contribution in [2.24, 2.45) is 10.4 Å². The number of H-pyrrole nitrogens is 1. The van der Waals surface area contributed by atoms with E-state index in [2.05, 4.69) is 20.7 Å². The number of nitrogens with one attached hydrogen (secondary N) is 3. The Hall–Kier alpha value is -2.98. The van der Waals surface area contributed by atoms with Crippen LogP contribution in [0.3, 0.4) is 0 Å². The molecule has 0 radical (unpaired) electrons. The molecule has 1 aromatic carbocycles. The van der Waals surface area contributed by atoms with Crippen LogP contribution in [0.5, 0.6) is 0 Å². The molecule has 0 bridgehead atoms. The van der Waals surface area contributed by atoms with E-state index in [9.17, 15) is 26.7 Å². The largest absolute Gasteiger partial charge is 0.432 e. The van der Waals surface area contributed by atoms with E-state index in [1.165, 1.54) is 0 Å². The Balaban J connectivity index is 2.22. The van der Waals surface area contributed by atoms with Crippen molar-refractivity contribution in [2.45, 2.75) is 26.9 Å². The lowest BCUT2D eigenvalue weighted by Crippen LogP contribution is -2.37. The molecule has 1 aromatic heterocycles. The molecule has 0 atom stereocenters. The zero-order chi connectivity index (χ0) is 21.1. The first-order valence-corrected chi connectivity index (χ1v) is 8.06. The summed E-state index contributed by atoms with van der Waals surface area (Å²) in [6.45, 7) is 5.80. The minimum atomic E-state index is -4.62. The van der Waals surface area contributed by atoms with Gasteiger partial charge in [0.2, 0.25) is 5.96 Å². The molecule has 0 fully saturated rings. The van der Waals surface area contributed by atoms with Gasteiger partial charge in [0, 0.05) is 18.2 Å². The number of carbonyl (C=O) groups is 1. The average Bonchev–Trinajstić information content (AvgIpc) is 3.03. The summed E-state index contributed by atoms with van der Waals surface area (Å²) in [4.78, 5) is 16.4. The molecule has 0 aliphatic heterocycles. The highest BCUT2D eigenvalue weighted by atomic mass is 19.4. The number of benzene rings is 1. The molecule has 0 spiro atoms. The number of aromatic nitrogens is 2. The van der Waals surface area contributed by atoms with Crippen LogP contribution in [-0.4, -0.2) is 28.6 Å². The Labute approximate surface area is 157 Å². The van der Waals surface area contributed by atoms with Gasteiger partial charge in [0.15, 0.2) is 17.5 Å². The van der Waals surface area contributed by atoms with Gasteiger partial charge >= 0.3 is 6.18 Å². The third-order valence-electron chi connectivity index (χ3n) is 3.25. The van der Waals surface area contributed by atoms with E-state index in [1.54, 1.807) is 0 Å². The van der Waals surface area contributed by atoms with Gasteiger partial charge in [0.05, 0.1) is 0 Å². The maximum atomic E-state index is 13.3. The van der Waals surface area contributed by atoms with E-state index in [0.717, 1.165) is 12.1 Å². The summed E-state index contributed by atoms with van der Waals surface area (Å²) in [6, 6.07) is 3.25. The van der Waals surface area contributed by atoms with Gasteiger partial charge in [-0.1, -0.05) is 20.8 Å². The summed E-state index contributed by atoms with van der Waals surface area (Å²) in [7, 11) is 0. The molecule has 2 aromatic rings. The van der Waals surface area contributed by atoms with Gasteiger partial charge in [-0.25, -0.2) is 8.78 Å². The number of anilines is 1. The minimum absolute atomic E-state index is 0.190. The van der Waals surface area contributed by atoms with Crippen LogP contribution in [0.1, 0.15) is 36.8 Å². The van der Waals surface area contributed by atoms with Gasteiger partial charge < -0.3 is 5.32 Å². The lowest BCUT2D eigenvalue weighted by molar-refractivity contribution is -0.141. The number of halogens is 5. The van der Waals surface area contributed by atoms with Crippen LogP contribution in [0.25, 0.3) is 0 Å². The summed E-state index contributed by atoms with van der Waals surface area (Å²) in [5, 5.41) is 10.1. The fourth-order valence-electron chi connectivity index (χ4n) is 1.90. The Morgan fingerprint density at radius 3 is 2.36 bits per heavy atom. The van der Waals surface area contributed by atoms with Gasteiger partial charge in [0.25, 0.3) is 5.91 Å². The monoisotopic (exact) mass is 403 g/mol. The maximum absolute atomic E-state index is 13.3. The van der Waals surface area contributed by atoms with Crippen molar-refractivity contribution in [1.82, 2.24) is 15.5 Å². The molecule has 28 heavy (non-hydrogen) atoms. The average molecular weight is 403 g/mol. The standard InChI is InChI=1S/C17H18F5N5O/c1-16(2,3)8-23-15(24-13-7-12(26-27-13)17(20,21)22)25-14(28)9-4-5-10(18)11(19)6-9/h4-7H,8H2,1-3H3,(H3,23,24,25,26,27,28). The van der Waals surface area contributed by atoms with E-state index in [-0.39, 0.29) is 29.3 Å². The maximum Gasteiger partial charge on any atom is 0.432 e. The summed E-state index contributed by atoms with van der Waals surface area (Å²) >= 11 is 0. The molecule has 0 aliphatic carbocycles. The fourth-order valence-corrected chi connectivity index (χ4v) is 1.90. The van der Waals surface area contributed by atoms with E-state index in [1.807, 2.05) is 25.9 Å². The molecular weight excluding hydrogens is 385 g/mol. The molecule has 0 aliphatic rings. The zero-order valence-corrected chi connectivity index (χ0v) is 15.2. The molecular formula is C17H18F5N5O. The van der Waals surface area contributed by atoms with Crippen LogP contribution < -0.4 is 10.6 Å². The predicted molar refractivity (Wildman–Crippen MR) is 92.8 cm³/mol. The van der Waals surface area contributed by atoms with Gasteiger partial charge in [-0.2, -0.15) is 18.3 Å². The third kappa shape index (κ3) is 6.03. The smallest absolute Gasteiger partial charge is 0.309 e. The number of hydrogen-bond acceptors (Lipinski definition) is 3. The van der Waals surface area contributed by atoms with Gasteiger partial charge in [-0.15, -0.1) is 0 Å². The first kappa shape index (κ1) is 21.3. The van der Waals surface area contributed by atoms with Crippen molar-refractivity contribution >= 4 is 17.7 Å². The second-order valence-electron chi connectivity index (χ2n) is 7.10. The highest BCUT2D eigenvalue weighted by molar-refractivity contribution is 6.09. The topological polar surface area (TPSA) is 82.2 Å². The highest BCUT2D eigenvalue weighted by Crippen LogP contribution is 2.28. The number of guanidine groups is 1. The lowest BCUT2D eigenvalue weighted by Gasteiger charge is -2.16. The second-order valence-corrected chi connectivity index (χ2v) is 7.10. The number of alkyl halides is 3. The van der Waals surface area contributed by atoms with Crippen molar-refractivity contribution in [2.75, 3.05) is 11.9 Å². The quantitative estimate of drug-likeness (QED) is 0.412. The lowest BCUT2D eigenvalue weighted by atomic mass is 9.97. The summed E-state index contributed by atoms with van der Waals surface area (Å²) in [5.74, 6) is -3.58. The van der Waals surface area contributed by atoms with Crippen LogP contribution in [0.2, 0.25) is 0 Å². The molecule has 1 heterocycles. The number of amides is 1. The summed E-state index contributed by atoms with van der Waals surface area (Å²) in [5.41, 5.74) is -1.57. The first-order valence-electron chi connectivity index (χ1n) is 8.06. The second kappa shape index (κ2) is 7.95. The SMILES string of the molecule is CC(C)(C)CN=C(NC(=O)c1ccc(F)c(F)c1)Nc1cc(C(F)(F)F)[nH]n1. The molecule has 0 saturated heterocycles. The minimum Gasteiger partial charge on any atom is -0.309 e. The van der Waals surface area contributed by atoms with Crippen molar-refractivity contribution in [1.29, 1.82) is 0 Å². The van der Waals surface area contributed by atoms with Crippen LogP contribution in [0.15, 0.2) is 29.3 Å². The van der Waals surface area contributed by atoms with Crippen LogP contribution in [0, 0.1) is 17.0 Å². The fraction of sp³-hybridized carbons (Fsp3) is 0.353. The van der Waals surface area contributed by atoms with Crippen LogP contribution in [-0.2, 0) is 6.18 Å². The molecule has 152 valence electrons. The van der Waals surface area contributed by atoms with Gasteiger partial charge in [-0.05, 0) is 23.6 Å². The van der Waals surface area contributed by atoms with E-state index in [4.69, 9.17) is 0 Å². The summed E-state index contributed by atoms with van der Waals surface area (Å²) in [6.07, 6.45) is -4.62. The number of nitrogens with zero attached hydrogens (tertiary/aromatic N) is 2. The van der Waals surface area contributed by atoms with E-state index >= 15 is 0 Å².